The van der Waals surface area contributed by atoms with Crippen LogP contribution in [0, 0.1) is 10.1 Å². The number of carbonyl (C=O) groups is 1. The molecule has 1 aliphatic rings. The molecule has 1 aromatic rings. The molecular weight excluding hydrogens is 290 g/mol. The summed E-state index contributed by atoms with van der Waals surface area (Å²) >= 11 is 1.86. The maximum Gasteiger partial charge on any atom is 0.305 e. The highest BCUT2D eigenvalue weighted by molar-refractivity contribution is 7.99. The van der Waals surface area contributed by atoms with Gasteiger partial charge in [-0.2, -0.15) is 11.8 Å². The first kappa shape index (κ1) is 15.6. The number of nitrogens with one attached hydrogen (secondary N) is 2. The molecule has 1 amide bonds. The minimum Gasteiger partial charge on any atom is -0.383 e. The van der Waals surface area contributed by atoms with Crippen LogP contribution in [0.2, 0.25) is 0 Å². The number of anilines is 1. The molecule has 0 radical (unpaired) electrons. The lowest BCUT2D eigenvalue weighted by Crippen LogP contribution is -2.32. The fourth-order valence-electron chi connectivity index (χ4n) is 2.40. The number of rotatable bonds is 5. The highest BCUT2D eigenvalue weighted by Crippen LogP contribution is 2.28. The van der Waals surface area contributed by atoms with Gasteiger partial charge in [-0.1, -0.05) is 12.5 Å². The fraction of sp³-hybridized carbons (Fsp3) is 0.500. The molecule has 2 N–H and O–H groups in total. The van der Waals surface area contributed by atoms with Crippen molar-refractivity contribution in [1.29, 1.82) is 0 Å². The molecule has 7 heteroatoms. The zero-order valence-corrected chi connectivity index (χ0v) is 12.7. The van der Waals surface area contributed by atoms with Crippen LogP contribution >= 0.6 is 11.8 Å². The summed E-state index contributed by atoms with van der Waals surface area (Å²) < 4.78 is 0. The number of carbonyl (C=O) groups excluding carboxylic acids is 1. The molecular formula is C14H19N3O3S. The van der Waals surface area contributed by atoms with Gasteiger partial charge in [0.2, 0.25) is 0 Å². The van der Waals surface area contributed by atoms with E-state index in [4.69, 9.17) is 0 Å². The maximum atomic E-state index is 12.2. The van der Waals surface area contributed by atoms with E-state index in [9.17, 15) is 14.9 Å². The number of hydrogen-bond acceptors (Lipinski definition) is 5. The molecule has 1 fully saturated rings. The number of benzene rings is 1. The number of nitro groups is 1. The summed E-state index contributed by atoms with van der Waals surface area (Å²) in [6.45, 7) is 0.560. The smallest absolute Gasteiger partial charge is 0.305 e. The molecule has 1 aliphatic heterocycles. The van der Waals surface area contributed by atoms with Crippen molar-refractivity contribution in [3.63, 3.8) is 0 Å². The third kappa shape index (κ3) is 3.87. The molecule has 1 saturated heterocycles. The Kier molecular flexibility index (Phi) is 5.44. The zero-order valence-electron chi connectivity index (χ0n) is 11.9. The Labute approximate surface area is 127 Å². The molecule has 0 aromatic heterocycles. The van der Waals surface area contributed by atoms with Crippen molar-refractivity contribution < 1.29 is 9.72 Å². The zero-order chi connectivity index (χ0) is 15.2. The van der Waals surface area contributed by atoms with Gasteiger partial charge in [0.1, 0.15) is 11.3 Å². The number of amides is 1. The summed E-state index contributed by atoms with van der Waals surface area (Å²) in [6.07, 6.45) is 3.50. The molecule has 1 aromatic carbocycles. The van der Waals surface area contributed by atoms with Gasteiger partial charge in [0.25, 0.3) is 5.91 Å². The fourth-order valence-corrected chi connectivity index (χ4v) is 3.63. The van der Waals surface area contributed by atoms with Crippen LogP contribution in [0.4, 0.5) is 11.4 Å². The Bertz CT molecular complexity index is 530. The first-order chi connectivity index (χ1) is 10.1. The second-order valence-electron chi connectivity index (χ2n) is 4.91. The molecule has 21 heavy (non-hydrogen) atoms. The summed E-state index contributed by atoms with van der Waals surface area (Å²) in [5, 5.41) is 17.2. The van der Waals surface area contributed by atoms with Gasteiger partial charge in [-0.15, -0.1) is 0 Å². The van der Waals surface area contributed by atoms with Gasteiger partial charge in [0.15, 0.2) is 0 Å². The van der Waals surface area contributed by atoms with E-state index < -0.39 is 4.92 Å². The predicted octanol–water partition coefficient (Wildman–Crippen LogP) is 2.65. The summed E-state index contributed by atoms with van der Waals surface area (Å²) in [7, 11) is 1.60. The molecule has 1 unspecified atom stereocenters. The van der Waals surface area contributed by atoms with Gasteiger partial charge in [-0.3, -0.25) is 14.9 Å². The lowest BCUT2D eigenvalue weighted by molar-refractivity contribution is -0.384. The molecule has 0 saturated carbocycles. The number of thioether (sulfide) groups is 1. The summed E-state index contributed by atoms with van der Waals surface area (Å²) in [5.41, 5.74) is 0.279. The van der Waals surface area contributed by atoms with Gasteiger partial charge in [0.05, 0.1) is 4.92 Å². The normalized spacial score (nSPS) is 18.0. The van der Waals surface area contributed by atoms with E-state index in [2.05, 4.69) is 10.6 Å². The van der Waals surface area contributed by atoms with Gasteiger partial charge in [-0.05, 0) is 30.7 Å². The van der Waals surface area contributed by atoms with Crippen molar-refractivity contribution in [2.45, 2.75) is 24.5 Å². The summed E-state index contributed by atoms with van der Waals surface area (Å²) in [6, 6.07) is 4.72. The van der Waals surface area contributed by atoms with Crippen molar-refractivity contribution in [3.8, 4) is 0 Å². The van der Waals surface area contributed by atoms with Crippen molar-refractivity contribution in [1.82, 2.24) is 5.32 Å². The Morgan fingerprint density at radius 3 is 2.90 bits per heavy atom. The minimum absolute atomic E-state index is 0.104. The summed E-state index contributed by atoms with van der Waals surface area (Å²) in [4.78, 5) is 22.9. The van der Waals surface area contributed by atoms with E-state index in [0.29, 0.717) is 17.5 Å². The molecule has 2 rings (SSSR count). The Morgan fingerprint density at radius 2 is 2.29 bits per heavy atom. The predicted molar refractivity (Wildman–Crippen MR) is 85.1 cm³/mol. The number of nitrogens with zero attached hydrogens (tertiary/aromatic N) is 1. The quantitative estimate of drug-likeness (QED) is 0.645. The van der Waals surface area contributed by atoms with Crippen LogP contribution in [-0.4, -0.2) is 35.4 Å². The van der Waals surface area contributed by atoms with E-state index in [0.717, 1.165) is 12.2 Å². The summed E-state index contributed by atoms with van der Waals surface area (Å²) in [5.74, 6) is 0.737. The standard InChI is InChI=1S/C14H19N3O3S/c1-15-12-7-4-6-11(13(12)17(19)20)14(18)16-9-10-5-2-3-8-21-10/h4,6-7,10,15H,2-3,5,8-9H2,1H3,(H,16,18). The van der Waals surface area contributed by atoms with E-state index >= 15 is 0 Å². The maximum absolute atomic E-state index is 12.2. The van der Waals surface area contributed by atoms with Crippen LogP contribution < -0.4 is 10.6 Å². The molecule has 0 bridgehead atoms. The van der Waals surface area contributed by atoms with Crippen LogP contribution in [-0.2, 0) is 0 Å². The van der Waals surface area contributed by atoms with Gasteiger partial charge >= 0.3 is 5.69 Å². The van der Waals surface area contributed by atoms with E-state index in [1.54, 1.807) is 19.2 Å². The second-order valence-corrected chi connectivity index (χ2v) is 6.32. The van der Waals surface area contributed by atoms with E-state index in [1.807, 2.05) is 11.8 Å². The van der Waals surface area contributed by atoms with Crippen molar-refractivity contribution in [3.05, 3.63) is 33.9 Å². The van der Waals surface area contributed by atoms with Gasteiger partial charge in [0, 0.05) is 18.8 Å². The second kappa shape index (κ2) is 7.31. The number of nitro benzene ring substituents is 1. The third-order valence-corrected chi connectivity index (χ3v) is 4.89. The SMILES string of the molecule is CNc1cccc(C(=O)NCC2CCCCS2)c1[N+](=O)[O-]. The molecule has 114 valence electrons. The van der Waals surface area contributed by atoms with Crippen LogP contribution in [0.15, 0.2) is 18.2 Å². The largest absolute Gasteiger partial charge is 0.383 e. The van der Waals surface area contributed by atoms with Crippen molar-refractivity contribution in [2.75, 3.05) is 24.7 Å². The van der Waals surface area contributed by atoms with E-state index in [1.165, 1.54) is 18.9 Å². The van der Waals surface area contributed by atoms with E-state index in [-0.39, 0.29) is 17.2 Å². The van der Waals surface area contributed by atoms with Crippen molar-refractivity contribution >= 4 is 29.0 Å². The number of para-hydroxylation sites is 1. The first-order valence-corrected chi connectivity index (χ1v) is 8.03. The van der Waals surface area contributed by atoms with Gasteiger partial charge < -0.3 is 10.6 Å². The Morgan fingerprint density at radius 1 is 1.48 bits per heavy atom. The highest BCUT2D eigenvalue weighted by Gasteiger charge is 2.24. The average molecular weight is 309 g/mol. The Balaban J connectivity index is 2.09. The van der Waals surface area contributed by atoms with Crippen LogP contribution in [0.3, 0.4) is 0 Å². The Hall–Kier alpha value is -1.76. The molecule has 6 nitrogen and oxygen atoms in total. The molecule has 0 spiro atoms. The third-order valence-electron chi connectivity index (χ3n) is 3.50. The monoisotopic (exact) mass is 309 g/mol. The lowest BCUT2D eigenvalue weighted by Gasteiger charge is -2.21. The highest BCUT2D eigenvalue weighted by atomic mass is 32.2. The molecule has 0 aliphatic carbocycles. The van der Waals surface area contributed by atoms with Gasteiger partial charge in [-0.25, -0.2) is 0 Å². The average Bonchev–Trinajstić information content (AvgIpc) is 2.52. The van der Waals surface area contributed by atoms with Crippen molar-refractivity contribution in [2.24, 2.45) is 0 Å². The van der Waals surface area contributed by atoms with Crippen LogP contribution in [0.1, 0.15) is 29.6 Å². The number of hydrogen-bond donors (Lipinski definition) is 2. The lowest BCUT2D eigenvalue weighted by atomic mass is 10.1. The minimum atomic E-state index is -0.518. The molecule has 1 heterocycles. The topological polar surface area (TPSA) is 84.3 Å². The van der Waals surface area contributed by atoms with Crippen LogP contribution in [0.25, 0.3) is 0 Å². The van der Waals surface area contributed by atoms with Crippen LogP contribution in [0.5, 0.6) is 0 Å². The molecule has 1 atom stereocenters. The first-order valence-electron chi connectivity index (χ1n) is 6.98.